The van der Waals surface area contributed by atoms with Crippen LogP contribution in [0.25, 0.3) is 0 Å². The predicted molar refractivity (Wildman–Crippen MR) is 251 cm³/mol. The maximum Gasteiger partial charge on any atom is 0.307 e. The van der Waals surface area contributed by atoms with Crippen molar-refractivity contribution in [2.24, 2.45) is 0 Å². The summed E-state index contributed by atoms with van der Waals surface area (Å²) in [5.41, 5.74) is 0. The second-order valence-corrected chi connectivity index (χ2v) is 16.3. The van der Waals surface area contributed by atoms with E-state index in [0.717, 1.165) is 96.6 Å². The first kappa shape index (κ1) is 57.8. The van der Waals surface area contributed by atoms with E-state index in [-0.39, 0.29) is 63.1 Å². The molecule has 0 heterocycles. The minimum absolute atomic E-state index is 0.0280. The van der Waals surface area contributed by atoms with Gasteiger partial charge >= 0.3 is 23.9 Å². The average Bonchev–Trinajstić information content (AvgIpc) is 3.24. The molecule has 10 nitrogen and oxygen atoms in total. The molecule has 0 rings (SSSR count). The van der Waals surface area contributed by atoms with Gasteiger partial charge in [0.15, 0.2) is 0 Å². The molecule has 0 aliphatic heterocycles. The fraction of sp³-hybridized carbons (Fsp3) is 0.765. The van der Waals surface area contributed by atoms with Gasteiger partial charge in [-0.05, 0) is 111 Å². The van der Waals surface area contributed by atoms with Crippen molar-refractivity contribution >= 4 is 23.9 Å². The van der Waals surface area contributed by atoms with Crippen LogP contribution >= 0.6 is 0 Å². The second kappa shape index (κ2) is 46.3. The lowest BCUT2D eigenvalue weighted by Crippen LogP contribution is -2.32. The highest BCUT2D eigenvalue weighted by atomic mass is 16.6. The number of hydrogen-bond donors (Lipinski definition) is 0. The molecule has 0 fully saturated rings. The van der Waals surface area contributed by atoms with Gasteiger partial charge in [-0.3, -0.25) is 19.2 Å². The predicted octanol–water partition coefficient (Wildman–Crippen LogP) is 11.8. The van der Waals surface area contributed by atoms with Crippen LogP contribution in [0.1, 0.15) is 187 Å². The number of carbonyl (C=O) groups excluding carboxylic acids is 4. The topological polar surface area (TPSA) is 112 Å². The number of unbranched alkanes of at least 4 members (excludes halogenated alkanes) is 16. The molecule has 0 aliphatic rings. The molecule has 0 aromatic heterocycles. The van der Waals surface area contributed by atoms with Gasteiger partial charge in [-0.2, -0.15) is 0 Å². The molecule has 0 radical (unpaired) electrons. The maximum atomic E-state index is 12.4. The summed E-state index contributed by atoms with van der Waals surface area (Å²) in [5.74, 6) is -1.25. The SMILES string of the molecule is CCCCC/C=C\C/C=C\CCCCCCCC(=O)OCCOC(=O)CCN(CCCN(C)C)CCC(=O)OCCOC(=O)CCCCCCC/C=C\C/C=C\CCCCC. The molecule has 0 bridgehead atoms. The highest BCUT2D eigenvalue weighted by molar-refractivity contribution is 5.71. The maximum absolute atomic E-state index is 12.4. The van der Waals surface area contributed by atoms with Crippen molar-refractivity contribution in [3.63, 3.8) is 0 Å². The Hall–Kier alpha value is -3.24. The van der Waals surface area contributed by atoms with Gasteiger partial charge < -0.3 is 28.7 Å². The molecular formula is C51H90N2O8. The molecule has 0 spiro atoms. The average molecular weight is 859 g/mol. The molecule has 0 aromatic rings. The Morgan fingerprint density at radius 2 is 0.689 bits per heavy atom. The van der Waals surface area contributed by atoms with Crippen LogP contribution in [0.15, 0.2) is 48.6 Å². The quantitative estimate of drug-likeness (QED) is 0.0254. The third-order valence-corrected chi connectivity index (χ3v) is 10.2. The number of ether oxygens (including phenoxy) is 4. The number of rotatable bonds is 44. The molecule has 0 aliphatic carbocycles. The summed E-state index contributed by atoms with van der Waals surface area (Å²) in [6.45, 7) is 7.10. The zero-order valence-electron chi connectivity index (χ0n) is 39.5. The Morgan fingerprint density at radius 3 is 1.05 bits per heavy atom. The first-order valence-electron chi connectivity index (χ1n) is 24.4. The van der Waals surface area contributed by atoms with Gasteiger partial charge in [-0.25, -0.2) is 0 Å². The number of esters is 4. The van der Waals surface area contributed by atoms with Crippen molar-refractivity contribution in [3.8, 4) is 0 Å². The van der Waals surface area contributed by atoms with Crippen LogP contribution in [-0.4, -0.2) is 100 Å². The largest absolute Gasteiger partial charge is 0.462 e. The molecule has 352 valence electrons. The molecular weight excluding hydrogens is 769 g/mol. The van der Waals surface area contributed by atoms with Gasteiger partial charge in [-0.1, -0.05) is 127 Å². The van der Waals surface area contributed by atoms with Crippen molar-refractivity contribution in [1.29, 1.82) is 0 Å². The van der Waals surface area contributed by atoms with E-state index < -0.39 is 0 Å². The number of hydrogen-bond acceptors (Lipinski definition) is 10. The minimum Gasteiger partial charge on any atom is -0.462 e. The molecule has 0 unspecified atom stereocenters. The molecule has 0 saturated carbocycles. The smallest absolute Gasteiger partial charge is 0.307 e. The number of nitrogens with zero attached hydrogens (tertiary/aromatic N) is 2. The van der Waals surface area contributed by atoms with Gasteiger partial charge in [0, 0.05) is 25.9 Å². The number of carbonyl (C=O) groups is 4. The van der Waals surface area contributed by atoms with E-state index >= 15 is 0 Å². The molecule has 0 atom stereocenters. The van der Waals surface area contributed by atoms with Gasteiger partial charge in [0.05, 0.1) is 12.8 Å². The van der Waals surface area contributed by atoms with Gasteiger partial charge in [0.1, 0.15) is 26.4 Å². The molecule has 0 aromatic carbocycles. The van der Waals surface area contributed by atoms with Crippen LogP contribution in [0.5, 0.6) is 0 Å². The van der Waals surface area contributed by atoms with Crippen LogP contribution in [0, 0.1) is 0 Å². The second-order valence-electron chi connectivity index (χ2n) is 16.3. The highest BCUT2D eigenvalue weighted by Crippen LogP contribution is 2.11. The Bertz CT molecular complexity index is 1080. The molecule has 0 N–H and O–H groups in total. The van der Waals surface area contributed by atoms with Crippen LogP contribution < -0.4 is 0 Å². The highest BCUT2D eigenvalue weighted by Gasteiger charge is 2.13. The van der Waals surface area contributed by atoms with E-state index in [1.54, 1.807) is 0 Å². The Kier molecular flexibility index (Phi) is 43.8. The van der Waals surface area contributed by atoms with Crippen LogP contribution in [0.2, 0.25) is 0 Å². The minimum atomic E-state index is -0.369. The van der Waals surface area contributed by atoms with E-state index in [0.29, 0.717) is 25.9 Å². The van der Waals surface area contributed by atoms with E-state index in [4.69, 9.17) is 18.9 Å². The van der Waals surface area contributed by atoms with Gasteiger partial charge in [0.25, 0.3) is 0 Å². The Balaban J connectivity index is 3.99. The van der Waals surface area contributed by atoms with Crippen molar-refractivity contribution in [2.75, 3.05) is 66.7 Å². The third-order valence-electron chi connectivity index (χ3n) is 10.2. The summed E-state index contributed by atoms with van der Waals surface area (Å²) < 4.78 is 21.1. The van der Waals surface area contributed by atoms with E-state index in [1.807, 2.05) is 14.1 Å². The van der Waals surface area contributed by atoms with Gasteiger partial charge in [-0.15, -0.1) is 0 Å². The lowest BCUT2D eigenvalue weighted by molar-refractivity contribution is -0.153. The number of allylic oxidation sites excluding steroid dienone is 8. The molecule has 61 heavy (non-hydrogen) atoms. The summed E-state index contributed by atoms with van der Waals surface area (Å²) in [6, 6.07) is 0. The summed E-state index contributed by atoms with van der Waals surface area (Å²) in [5, 5.41) is 0. The van der Waals surface area contributed by atoms with Crippen molar-refractivity contribution in [1.82, 2.24) is 9.80 Å². The Labute approximate surface area is 373 Å². The van der Waals surface area contributed by atoms with Gasteiger partial charge in [0.2, 0.25) is 0 Å². The molecule has 0 saturated heterocycles. The summed E-state index contributed by atoms with van der Waals surface area (Å²) in [4.78, 5) is 53.2. The fourth-order valence-corrected chi connectivity index (χ4v) is 6.52. The normalized spacial score (nSPS) is 11.9. The fourth-order valence-electron chi connectivity index (χ4n) is 6.52. The first-order chi connectivity index (χ1) is 29.8. The van der Waals surface area contributed by atoms with E-state index in [2.05, 4.69) is 72.3 Å². The van der Waals surface area contributed by atoms with Crippen LogP contribution in [0.3, 0.4) is 0 Å². The summed E-state index contributed by atoms with van der Waals surface area (Å²) in [6.07, 6.45) is 45.0. The van der Waals surface area contributed by atoms with Crippen molar-refractivity contribution in [3.05, 3.63) is 48.6 Å². The summed E-state index contributed by atoms with van der Waals surface area (Å²) >= 11 is 0. The van der Waals surface area contributed by atoms with Crippen LogP contribution in [0.4, 0.5) is 0 Å². The summed E-state index contributed by atoms with van der Waals surface area (Å²) in [7, 11) is 4.01. The zero-order chi connectivity index (χ0) is 44.7. The van der Waals surface area contributed by atoms with E-state index in [1.165, 1.54) is 64.2 Å². The zero-order valence-corrected chi connectivity index (χ0v) is 39.5. The lowest BCUT2D eigenvalue weighted by Gasteiger charge is -2.22. The third kappa shape index (κ3) is 46.1. The molecule has 0 amide bonds. The Morgan fingerprint density at radius 1 is 0.361 bits per heavy atom. The lowest BCUT2D eigenvalue weighted by atomic mass is 10.1. The van der Waals surface area contributed by atoms with Crippen LogP contribution in [-0.2, 0) is 38.1 Å². The molecule has 10 heteroatoms. The monoisotopic (exact) mass is 859 g/mol. The first-order valence-corrected chi connectivity index (χ1v) is 24.4. The van der Waals surface area contributed by atoms with Crippen molar-refractivity contribution in [2.45, 2.75) is 187 Å². The van der Waals surface area contributed by atoms with E-state index in [9.17, 15) is 19.2 Å². The standard InChI is InChI=1S/C51H90N2O8/c1-5-7-9-11-13-15-17-19-21-23-25-27-29-31-33-36-48(54)58-44-46-60-50(56)38-42-53(41-35-40-52(3)4)43-39-51(57)61-47-45-59-49(55)37-34-32-30-28-26-24-22-20-18-16-14-12-10-8-6-2/h13-16,19-22H,5-12,17-18,23-47H2,1-4H3/b15-13-,16-14-,21-19-,22-20-. The van der Waals surface area contributed by atoms with Crippen molar-refractivity contribution < 1.29 is 38.1 Å².